The second-order valence-electron chi connectivity index (χ2n) is 6.02. The normalized spacial score (nSPS) is 19.9. The van der Waals surface area contributed by atoms with Crippen molar-refractivity contribution in [2.45, 2.75) is 33.1 Å². The number of carbonyl (C=O) groups is 1. The molecule has 1 aromatic carbocycles. The zero-order valence-corrected chi connectivity index (χ0v) is 13.2. The van der Waals surface area contributed by atoms with Crippen LogP contribution in [0.4, 0.5) is 5.69 Å². The van der Waals surface area contributed by atoms with Crippen molar-refractivity contribution in [1.29, 1.82) is 0 Å². The Balaban J connectivity index is 1.89. The smallest absolute Gasteiger partial charge is 0.224 e. The Morgan fingerprint density at radius 2 is 2.33 bits per heavy atom. The zero-order chi connectivity index (χ0) is 15.2. The molecule has 4 heteroatoms. The number of hydrogen-bond donors (Lipinski definition) is 2. The first-order valence-corrected chi connectivity index (χ1v) is 7.75. The first kappa shape index (κ1) is 15.8. The first-order chi connectivity index (χ1) is 10.1. The zero-order valence-electron chi connectivity index (χ0n) is 13.2. The molecular formula is C17H26N2O2. The third-order valence-corrected chi connectivity index (χ3v) is 4.35. The summed E-state index contributed by atoms with van der Waals surface area (Å²) in [6.45, 7) is 6.31. The molecule has 0 aliphatic carbocycles. The maximum Gasteiger partial charge on any atom is 0.224 e. The van der Waals surface area contributed by atoms with E-state index < -0.39 is 0 Å². The predicted molar refractivity (Wildman–Crippen MR) is 85.7 cm³/mol. The van der Waals surface area contributed by atoms with Crippen LogP contribution in [0.5, 0.6) is 5.75 Å². The molecular weight excluding hydrogens is 264 g/mol. The van der Waals surface area contributed by atoms with Gasteiger partial charge in [0, 0.05) is 12.1 Å². The number of aryl methyl sites for hydroxylation is 1. The molecule has 1 aromatic rings. The SMILES string of the molecule is COc1ccc(NC(=O)CC(C)C2CCCNC2)c(C)c1. The Hall–Kier alpha value is -1.55. The van der Waals surface area contributed by atoms with Crippen LogP contribution in [0, 0.1) is 18.8 Å². The topological polar surface area (TPSA) is 50.4 Å². The molecule has 2 rings (SSSR count). The van der Waals surface area contributed by atoms with E-state index in [1.165, 1.54) is 12.8 Å². The quantitative estimate of drug-likeness (QED) is 0.876. The van der Waals surface area contributed by atoms with E-state index in [-0.39, 0.29) is 5.91 Å². The van der Waals surface area contributed by atoms with E-state index in [2.05, 4.69) is 17.6 Å². The summed E-state index contributed by atoms with van der Waals surface area (Å²) in [5.41, 5.74) is 1.89. The number of carbonyl (C=O) groups excluding carboxylic acids is 1. The summed E-state index contributed by atoms with van der Waals surface area (Å²) in [6, 6.07) is 5.71. The number of rotatable bonds is 5. The second-order valence-corrected chi connectivity index (χ2v) is 6.02. The van der Waals surface area contributed by atoms with Crippen molar-refractivity contribution in [2.75, 3.05) is 25.5 Å². The van der Waals surface area contributed by atoms with E-state index in [1.54, 1.807) is 7.11 Å². The largest absolute Gasteiger partial charge is 0.497 e. The minimum absolute atomic E-state index is 0.0985. The number of benzene rings is 1. The minimum Gasteiger partial charge on any atom is -0.497 e. The summed E-state index contributed by atoms with van der Waals surface area (Å²) in [6.07, 6.45) is 3.02. The van der Waals surface area contributed by atoms with E-state index in [0.29, 0.717) is 18.3 Å². The van der Waals surface area contributed by atoms with E-state index in [9.17, 15) is 4.79 Å². The molecule has 1 amide bonds. The Morgan fingerprint density at radius 1 is 1.52 bits per heavy atom. The van der Waals surface area contributed by atoms with Crippen LogP contribution in [-0.4, -0.2) is 26.1 Å². The molecule has 1 saturated heterocycles. The van der Waals surface area contributed by atoms with Crippen LogP contribution in [0.2, 0.25) is 0 Å². The highest BCUT2D eigenvalue weighted by molar-refractivity contribution is 5.91. The van der Waals surface area contributed by atoms with Crippen molar-refractivity contribution < 1.29 is 9.53 Å². The van der Waals surface area contributed by atoms with Crippen molar-refractivity contribution in [1.82, 2.24) is 5.32 Å². The summed E-state index contributed by atoms with van der Waals surface area (Å²) in [4.78, 5) is 12.2. The van der Waals surface area contributed by atoms with E-state index >= 15 is 0 Å². The van der Waals surface area contributed by atoms with Gasteiger partial charge in [-0.25, -0.2) is 0 Å². The highest BCUT2D eigenvalue weighted by atomic mass is 16.5. The average molecular weight is 290 g/mol. The van der Waals surface area contributed by atoms with Gasteiger partial charge in [0.2, 0.25) is 5.91 Å². The molecule has 2 N–H and O–H groups in total. The lowest BCUT2D eigenvalue weighted by Crippen LogP contribution is -2.34. The predicted octanol–water partition coefficient (Wildman–Crippen LogP) is 2.97. The van der Waals surface area contributed by atoms with Crippen LogP contribution in [0.3, 0.4) is 0 Å². The fourth-order valence-corrected chi connectivity index (χ4v) is 2.93. The van der Waals surface area contributed by atoms with Gasteiger partial charge in [0.25, 0.3) is 0 Å². The molecule has 1 aliphatic heterocycles. The van der Waals surface area contributed by atoms with Crippen molar-refractivity contribution in [3.63, 3.8) is 0 Å². The highest BCUT2D eigenvalue weighted by Gasteiger charge is 2.22. The van der Waals surface area contributed by atoms with Crippen molar-refractivity contribution in [3.8, 4) is 5.75 Å². The number of piperidine rings is 1. The Morgan fingerprint density at radius 3 is 2.95 bits per heavy atom. The molecule has 0 spiro atoms. The molecule has 0 aromatic heterocycles. The number of nitrogens with one attached hydrogen (secondary N) is 2. The molecule has 1 heterocycles. The standard InChI is InChI=1S/C17H26N2O2/c1-12(14-5-4-8-18-11-14)10-17(20)19-16-7-6-15(21-3)9-13(16)2/h6-7,9,12,14,18H,4-5,8,10-11H2,1-3H3,(H,19,20). The summed E-state index contributed by atoms with van der Waals surface area (Å²) in [5.74, 6) is 1.94. The summed E-state index contributed by atoms with van der Waals surface area (Å²) in [7, 11) is 1.65. The third kappa shape index (κ3) is 4.46. The maximum absolute atomic E-state index is 12.2. The van der Waals surface area contributed by atoms with Gasteiger partial charge in [0.15, 0.2) is 0 Å². The molecule has 116 valence electrons. The van der Waals surface area contributed by atoms with Gasteiger partial charge in [-0.1, -0.05) is 6.92 Å². The lowest BCUT2D eigenvalue weighted by Gasteiger charge is -2.28. The number of ether oxygens (including phenoxy) is 1. The Kier molecular flexibility index (Phi) is 5.62. The average Bonchev–Trinajstić information content (AvgIpc) is 2.50. The lowest BCUT2D eigenvalue weighted by molar-refractivity contribution is -0.117. The summed E-state index contributed by atoms with van der Waals surface area (Å²) < 4.78 is 5.18. The van der Waals surface area contributed by atoms with Crippen LogP contribution < -0.4 is 15.4 Å². The van der Waals surface area contributed by atoms with Crippen molar-refractivity contribution in [3.05, 3.63) is 23.8 Å². The third-order valence-electron chi connectivity index (χ3n) is 4.35. The Labute approximate surface area is 127 Å². The van der Waals surface area contributed by atoms with Crippen molar-refractivity contribution in [2.24, 2.45) is 11.8 Å². The molecule has 0 bridgehead atoms. The van der Waals surface area contributed by atoms with E-state index in [1.807, 2.05) is 25.1 Å². The van der Waals surface area contributed by atoms with Gasteiger partial charge in [-0.05, 0) is 68.5 Å². The van der Waals surface area contributed by atoms with E-state index in [0.717, 1.165) is 30.1 Å². The van der Waals surface area contributed by atoms with E-state index in [4.69, 9.17) is 4.74 Å². The van der Waals surface area contributed by atoms with Gasteiger partial charge in [0.05, 0.1) is 7.11 Å². The van der Waals surface area contributed by atoms with Crippen LogP contribution in [0.15, 0.2) is 18.2 Å². The first-order valence-electron chi connectivity index (χ1n) is 7.75. The van der Waals surface area contributed by atoms with Crippen LogP contribution in [-0.2, 0) is 4.79 Å². The monoisotopic (exact) mass is 290 g/mol. The second kappa shape index (κ2) is 7.46. The molecule has 0 saturated carbocycles. The van der Waals surface area contributed by atoms with Crippen molar-refractivity contribution >= 4 is 11.6 Å². The molecule has 1 aliphatic rings. The highest BCUT2D eigenvalue weighted by Crippen LogP contribution is 2.24. The maximum atomic E-state index is 12.2. The van der Waals surface area contributed by atoms with Gasteiger partial charge in [-0.3, -0.25) is 4.79 Å². The fraction of sp³-hybridized carbons (Fsp3) is 0.588. The molecule has 1 fully saturated rings. The molecule has 2 atom stereocenters. The van der Waals surface area contributed by atoms with Gasteiger partial charge < -0.3 is 15.4 Å². The molecule has 0 radical (unpaired) electrons. The molecule has 4 nitrogen and oxygen atoms in total. The number of amides is 1. The van der Waals surface area contributed by atoms with Gasteiger partial charge in [-0.15, -0.1) is 0 Å². The van der Waals surface area contributed by atoms with Gasteiger partial charge in [-0.2, -0.15) is 0 Å². The fourth-order valence-electron chi connectivity index (χ4n) is 2.93. The minimum atomic E-state index is 0.0985. The molecule has 2 unspecified atom stereocenters. The number of anilines is 1. The van der Waals surface area contributed by atoms with Gasteiger partial charge in [0.1, 0.15) is 5.75 Å². The van der Waals surface area contributed by atoms with Crippen LogP contribution in [0.25, 0.3) is 0 Å². The van der Waals surface area contributed by atoms with Crippen LogP contribution in [0.1, 0.15) is 31.7 Å². The molecule has 21 heavy (non-hydrogen) atoms. The Bertz CT molecular complexity index is 482. The summed E-state index contributed by atoms with van der Waals surface area (Å²) >= 11 is 0. The van der Waals surface area contributed by atoms with Gasteiger partial charge >= 0.3 is 0 Å². The number of hydrogen-bond acceptors (Lipinski definition) is 3. The number of methoxy groups -OCH3 is 1. The lowest BCUT2D eigenvalue weighted by atomic mass is 9.85. The van der Waals surface area contributed by atoms with Crippen LogP contribution >= 0.6 is 0 Å². The summed E-state index contributed by atoms with van der Waals surface area (Å²) in [5, 5.41) is 6.43.